The molecular weight excluding hydrogens is 298 g/mol. The van der Waals surface area contributed by atoms with Crippen molar-refractivity contribution in [1.29, 1.82) is 0 Å². The van der Waals surface area contributed by atoms with Crippen LogP contribution >= 0.6 is 0 Å². The second-order valence-corrected chi connectivity index (χ2v) is 6.58. The Morgan fingerprint density at radius 1 is 1.04 bits per heavy atom. The topological polar surface area (TPSA) is 49.6 Å². The van der Waals surface area contributed by atoms with Gasteiger partial charge in [0.15, 0.2) is 0 Å². The van der Waals surface area contributed by atoms with E-state index >= 15 is 0 Å². The number of amides is 1. The Morgan fingerprint density at radius 2 is 1.75 bits per heavy atom. The predicted molar refractivity (Wildman–Crippen MR) is 97.5 cm³/mol. The van der Waals surface area contributed by atoms with Crippen molar-refractivity contribution in [2.75, 3.05) is 25.4 Å². The summed E-state index contributed by atoms with van der Waals surface area (Å²) in [6, 6.07) is 18.3. The highest BCUT2D eigenvalue weighted by atomic mass is 16.2. The molecule has 2 N–H and O–H groups in total. The van der Waals surface area contributed by atoms with Gasteiger partial charge in [0, 0.05) is 37.9 Å². The maximum atomic E-state index is 12.6. The van der Waals surface area contributed by atoms with E-state index in [1.54, 1.807) is 0 Å². The van der Waals surface area contributed by atoms with Gasteiger partial charge < -0.3 is 10.6 Å². The number of piperazine rings is 1. The monoisotopic (exact) mass is 323 g/mol. The first-order valence-corrected chi connectivity index (χ1v) is 8.52. The van der Waals surface area contributed by atoms with Crippen LogP contribution in [-0.2, 0) is 17.8 Å². The Kier molecular flexibility index (Phi) is 5.16. The summed E-state index contributed by atoms with van der Waals surface area (Å²) in [4.78, 5) is 17.0. The van der Waals surface area contributed by atoms with Crippen molar-refractivity contribution in [2.45, 2.75) is 25.9 Å². The number of hydrogen-bond acceptors (Lipinski definition) is 3. The summed E-state index contributed by atoms with van der Waals surface area (Å²) in [5.74, 6) is 0.201. The maximum Gasteiger partial charge on any atom is 0.227 e. The molecule has 0 spiro atoms. The van der Waals surface area contributed by atoms with E-state index in [1.807, 2.05) is 35.2 Å². The minimum Gasteiger partial charge on any atom is -0.399 e. The maximum absolute atomic E-state index is 12.6. The van der Waals surface area contributed by atoms with E-state index in [1.165, 1.54) is 5.56 Å². The molecule has 0 aromatic heterocycles. The molecule has 1 fully saturated rings. The zero-order chi connectivity index (χ0) is 16.9. The standard InChI is InChI=1S/C20H25N3O/c1-16-14-22(15-18-5-3-2-4-6-18)11-12-23(16)20(24)13-17-7-9-19(21)10-8-17/h2-10,16H,11-15,21H2,1H3. The highest BCUT2D eigenvalue weighted by Gasteiger charge is 2.27. The third-order valence-electron chi connectivity index (χ3n) is 4.62. The Labute approximate surface area is 143 Å². The van der Waals surface area contributed by atoms with Crippen LogP contribution in [0.15, 0.2) is 54.6 Å². The predicted octanol–water partition coefficient (Wildman–Crippen LogP) is 2.54. The Hall–Kier alpha value is -2.33. The molecule has 1 aliphatic rings. The van der Waals surface area contributed by atoms with Crippen LogP contribution in [0.1, 0.15) is 18.1 Å². The summed E-state index contributed by atoms with van der Waals surface area (Å²) in [6.45, 7) is 5.72. The molecular formula is C20H25N3O. The summed E-state index contributed by atoms with van der Waals surface area (Å²) < 4.78 is 0. The third kappa shape index (κ3) is 4.15. The SMILES string of the molecule is CC1CN(Cc2ccccc2)CCN1C(=O)Cc1ccc(N)cc1. The van der Waals surface area contributed by atoms with E-state index in [0.29, 0.717) is 6.42 Å². The number of nitrogens with zero attached hydrogens (tertiary/aromatic N) is 2. The fraction of sp³-hybridized carbons (Fsp3) is 0.350. The Balaban J connectivity index is 1.55. The number of carbonyl (C=O) groups excluding carboxylic acids is 1. The van der Waals surface area contributed by atoms with Gasteiger partial charge in [-0.1, -0.05) is 42.5 Å². The quantitative estimate of drug-likeness (QED) is 0.880. The molecule has 1 unspecified atom stereocenters. The lowest BCUT2D eigenvalue weighted by Crippen LogP contribution is -2.54. The van der Waals surface area contributed by atoms with Gasteiger partial charge in [0.2, 0.25) is 5.91 Å². The highest BCUT2D eigenvalue weighted by molar-refractivity contribution is 5.79. The van der Waals surface area contributed by atoms with Crippen molar-refractivity contribution in [3.8, 4) is 0 Å². The van der Waals surface area contributed by atoms with Crippen LogP contribution in [0.3, 0.4) is 0 Å². The van der Waals surface area contributed by atoms with Gasteiger partial charge in [-0.3, -0.25) is 9.69 Å². The first kappa shape index (κ1) is 16.5. The molecule has 0 saturated carbocycles. The summed E-state index contributed by atoms with van der Waals surface area (Å²) in [5.41, 5.74) is 8.78. The molecule has 2 aromatic rings. The molecule has 4 nitrogen and oxygen atoms in total. The second-order valence-electron chi connectivity index (χ2n) is 6.58. The van der Waals surface area contributed by atoms with E-state index < -0.39 is 0 Å². The summed E-state index contributed by atoms with van der Waals surface area (Å²) in [5, 5.41) is 0. The van der Waals surface area contributed by atoms with E-state index in [-0.39, 0.29) is 11.9 Å². The average Bonchev–Trinajstić information content (AvgIpc) is 2.58. The van der Waals surface area contributed by atoms with Crippen molar-refractivity contribution >= 4 is 11.6 Å². The lowest BCUT2D eigenvalue weighted by molar-refractivity contribution is -0.135. The minimum atomic E-state index is 0.201. The molecule has 126 valence electrons. The highest BCUT2D eigenvalue weighted by Crippen LogP contribution is 2.15. The molecule has 1 heterocycles. The molecule has 0 aliphatic carbocycles. The Morgan fingerprint density at radius 3 is 2.42 bits per heavy atom. The lowest BCUT2D eigenvalue weighted by Gasteiger charge is -2.40. The van der Waals surface area contributed by atoms with E-state index in [0.717, 1.165) is 37.4 Å². The summed E-state index contributed by atoms with van der Waals surface area (Å²) in [7, 11) is 0. The summed E-state index contributed by atoms with van der Waals surface area (Å²) in [6.07, 6.45) is 0.448. The Bertz CT molecular complexity index is 669. The van der Waals surface area contributed by atoms with Crippen molar-refractivity contribution < 1.29 is 4.79 Å². The molecule has 1 saturated heterocycles. The van der Waals surface area contributed by atoms with Crippen molar-refractivity contribution in [1.82, 2.24) is 9.80 Å². The van der Waals surface area contributed by atoms with Gasteiger partial charge in [-0.15, -0.1) is 0 Å². The zero-order valence-corrected chi connectivity index (χ0v) is 14.2. The number of rotatable bonds is 4. The minimum absolute atomic E-state index is 0.201. The number of nitrogen functional groups attached to an aromatic ring is 1. The first-order chi connectivity index (χ1) is 11.6. The van der Waals surface area contributed by atoms with E-state index in [9.17, 15) is 4.79 Å². The van der Waals surface area contributed by atoms with Gasteiger partial charge in [0.05, 0.1) is 6.42 Å². The average molecular weight is 323 g/mol. The van der Waals surface area contributed by atoms with Crippen LogP contribution in [0.25, 0.3) is 0 Å². The molecule has 4 heteroatoms. The number of carbonyl (C=O) groups is 1. The van der Waals surface area contributed by atoms with Gasteiger partial charge in [0.25, 0.3) is 0 Å². The zero-order valence-electron chi connectivity index (χ0n) is 14.2. The lowest BCUT2D eigenvalue weighted by atomic mass is 10.1. The van der Waals surface area contributed by atoms with Gasteiger partial charge in [-0.05, 0) is 30.2 Å². The first-order valence-electron chi connectivity index (χ1n) is 8.52. The molecule has 1 amide bonds. The van der Waals surface area contributed by atoms with Crippen molar-refractivity contribution in [3.05, 3.63) is 65.7 Å². The number of benzene rings is 2. The largest absolute Gasteiger partial charge is 0.399 e. The van der Waals surface area contributed by atoms with Gasteiger partial charge >= 0.3 is 0 Å². The van der Waals surface area contributed by atoms with Crippen LogP contribution in [0, 0.1) is 0 Å². The number of nitrogens with two attached hydrogens (primary N) is 1. The van der Waals surface area contributed by atoms with Gasteiger partial charge in [-0.2, -0.15) is 0 Å². The molecule has 3 rings (SSSR count). The molecule has 1 atom stereocenters. The van der Waals surface area contributed by atoms with Crippen LogP contribution in [0.5, 0.6) is 0 Å². The van der Waals surface area contributed by atoms with Crippen LogP contribution < -0.4 is 5.73 Å². The second kappa shape index (κ2) is 7.49. The van der Waals surface area contributed by atoms with Crippen LogP contribution in [0.2, 0.25) is 0 Å². The van der Waals surface area contributed by atoms with E-state index in [2.05, 4.69) is 36.1 Å². The molecule has 24 heavy (non-hydrogen) atoms. The number of anilines is 1. The molecule has 0 radical (unpaired) electrons. The van der Waals surface area contributed by atoms with Gasteiger partial charge in [-0.25, -0.2) is 0 Å². The van der Waals surface area contributed by atoms with Crippen molar-refractivity contribution in [3.63, 3.8) is 0 Å². The van der Waals surface area contributed by atoms with Crippen molar-refractivity contribution in [2.24, 2.45) is 0 Å². The molecule has 1 aliphatic heterocycles. The third-order valence-corrected chi connectivity index (χ3v) is 4.62. The fourth-order valence-corrected chi connectivity index (χ4v) is 3.30. The smallest absolute Gasteiger partial charge is 0.227 e. The fourth-order valence-electron chi connectivity index (χ4n) is 3.30. The van der Waals surface area contributed by atoms with E-state index in [4.69, 9.17) is 5.73 Å². The van der Waals surface area contributed by atoms with Gasteiger partial charge in [0.1, 0.15) is 0 Å². The molecule has 0 bridgehead atoms. The molecule has 2 aromatic carbocycles. The summed E-state index contributed by atoms with van der Waals surface area (Å²) >= 11 is 0. The van der Waals surface area contributed by atoms with Crippen LogP contribution in [-0.4, -0.2) is 41.4 Å². The number of hydrogen-bond donors (Lipinski definition) is 1. The normalized spacial score (nSPS) is 18.5. The van der Waals surface area contributed by atoms with Crippen LogP contribution in [0.4, 0.5) is 5.69 Å².